The van der Waals surface area contributed by atoms with Gasteiger partial charge in [0.05, 0.1) is 10.6 Å². The molecule has 0 bridgehead atoms. The third kappa shape index (κ3) is 5.42. The van der Waals surface area contributed by atoms with Crippen molar-refractivity contribution in [2.24, 2.45) is 5.92 Å². The Morgan fingerprint density at radius 1 is 0.906 bits per heavy atom. The van der Waals surface area contributed by atoms with Crippen LogP contribution >= 0.6 is 23.2 Å². The van der Waals surface area contributed by atoms with E-state index in [9.17, 15) is 14.0 Å². The number of amides is 2. The van der Waals surface area contributed by atoms with Gasteiger partial charge in [0, 0.05) is 35.8 Å². The van der Waals surface area contributed by atoms with E-state index in [1.165, 1.54) is 12.1 Å². The predicted molar refractivity (Wildman–Crippen MR) is 125 cm³/mol. The average molecular weight is 478 g/mol. The zero-order chi connectivity index (χ0) is 22.7. The smallest absolute Gasteiger partial charge is 0.255 e. The van der Waals surface area contributed by atoms with Crippen molar-refractivity contribution in [3.63, 3.8) is 0 Å². The Kier molecular flexibility index (Phi) is 7.33. The largest absolute Gasteiger partial charge is 0.338 e. The second-order valence-electron chi connectivity index (χ2n) is 8.45. The summed E-state index contributed by atoms with van der Waals surface area (Å²) >= 11 is 12.1. The molecule has 0 atom stereocenters. The highest BCUT2D eigenvalue weighted by molar-refractivity contribution is 6.36. The SMILES string of the molecule is O=C(Nc1ccc(F)cc1)C1CCN(C2CCN(C(=O)c3ccc(Cl)cc3Cl)CC2)CC1. The third-order valence-corrected chi connectivity index (χ3v) is 6.99. The molecule has 0 radical (unpaired) electrons. The molecule has 2 fully saturated rings. The number of hydrogen-bond donors (Lipinski definition) is 1. The Labute approximate surface area is 197 Å². The fraction of sp³-hybridized carbons (Fsp3) is 0.417. The van der Waals surface area contributed by atoms with E-state index < -0.39 is 0 Å². The molecular weight excluding hydrogens is 452 g/mol. The van der Waals surface area contributed by atoms with E-state index in [2.05, 4.69) is 10.2 Å². The number of anilines is 1. The van der Waals surface area contributed by atoms with Crippen LogP contribution in [0.4, 0.5) is 10.1 Å². The lowest BCUT2D eigenvalue weighted by molar-refractivity contribution is -0.121. The van der Waals surface area contributed by atoms with E-state index in [4.69, 9.17) is 23.2 Å². The first kappa shape index (κ1) is 23.0. The zero-order valence-electron chi connectivity index (χ0n) is 17.7. The van der Waals surface area contributed by atoms with Crippen LogP contribution in [0.3, 0.4) is 0 Å². The number of piperidine rings is 2. The highest BCUT2D eigenvalue weighted by atomic mass is 35.5. The summed E-state index contributed by atoms with van der Waals surface area (Å²) in [5.41, 5.74) is 1.11. The standard InChI is InChI=1S/C24H26Cl2FN3O2/c25-17-1-6-21(22(26)15-17)24(32)30-13-9-20(10-14-30)29-11-7-16(8-12-29)23(31)28-19-4-2-18(27)3-5-19/h1-6,15-16,20H,7-14H2,(H,28,31). The van der Waals surface area contributed by atoms with Crippen molar-refractivity contribution < 1.29 is 14.0 Å². The second-order valence-corrected chi connectivity index (χ2v) is 9.30. The van der Waals surface area contributed by atoms with Crippen molar-refractivity contribution in [3.05, 3.63) is 63.9 Å². The van der Waals surface area contributed by atoms with E-state index in [1.54, 1.807) is 30.3 Å². The predicted octanol–water partition coefficient (Wildman–Crippen LogP) is 5.09. The van der Waals surface area contributed by atoms with Gasteiger partial charge in [0.15, 0.2) is 0 Å². The van der Waals surface area contributed by atoms with Gasteiger partial charge in [0.25, 0.3) is 5.91 Å². The topological polar surface area (TPSA) is 52.7 Å². The first-order valence-corrected chi connectivity index (χ1v) is 11.7. The van der Waals surface area contributed by atoms with E-state index in [1.807, 2.05) is 4.90 Å². The molecule has 2 saturated heterocycles. The van der Waals surface area contributed by atoms with Crippen LogP contribution in [0, 0.1) is 11.7 Å². The number of nitrogens with zero attached hydrogens (tertiary/aromatic N) is 2. The van der Waals surface area contributed by atoms with Crippen molar-refractivity contribution in [1.29, 1.82) is 0 Å². The van der Waals surface area contributed by atoms with Crippen molar-refractivity contribution in [2.75, 3.05) is 31.5 Å². The molecule has 32 heavy (non-hydrogen) atoms. The van der Waals surface area contributed by atoms with Gasteiger partial charge in [0.1, 0.15) is 5.82 Å². The Morgan fingerprint density at radius 2 is 1.56 bits per heavy atom. The summed E-state index contributed by atoms with van der Waals surface area (Å²) in [5, 5.41) is 3.78. The van der Waals surface area contributed by atoms with Gasteiger partial charge in [-0.05, 0) is 81.2 Å². The summed E-state index contributed by atoms with van der Waals surface area (Å²) in [6.45, 7) is 3.10. The number of benzene rings is 2. The molecular formula is C24H26Cl2FN3O2. The Hall–Kier alpha value is -2.15. The normalized spacial score (nSPS) is 18.5. The van der Waals surface area contributed by atoms with Crippen LogP contribution in [-0.4, -0.2) is 53.8 Å². The Bertz CT molecular complexity index is 970. The van der Waals surface area contributed by atoms with Crippen LogP contribution in [-0.2, 0) is 4.79 Å². The van der Waals surface area contributed by atoms with Gasteiger partial charge in [-0.2, -0.15) is 0 Å². The molecule has 0 aromatic heterocycles. The molecule has 2 aromatic rings. The summed E-state index contributed by atoms with van der Waals surface area (Å²) in [6.07, 6.45) is 3.41. The third-order valence-electron chi connectivity index (χ3n) is 6.44. The number of rotatable bonds is 4. The maximum absolute atomic E-state index is 13.0. The van der Waals surface area contributed by atoms with Gasteiger partial charge in [0.2, 0.25) is 5.91 Å². The molecule has 0 saturated carbocycles. The summed E-state index contributed by atoms with van der Waals surface area (Å²) < 4.78 is 13.0. The van der Waals surface area contributed by atoms with Crippen molar-refractivity contribution in [2.45, 2.75) is 31.7 Å². The van der Waals surface area contributed by atoms with Gasteiger partial charge in [-0.1, -0.05) is 23.2 Å². The quantitative estimate of drug-likeness (QED) is 0.667. The lowest BCUT2D eigenvalue weighted by Crippen LogP contribution is -2.49. The molecule has 2 aliphatic heterocycles. The minimum absolute atomic E-state index is 0.00322. The van der Waals surface area contributed by atoms with Gasteiger partial charge < -0.3 is 15.1 Å². The highest BCUT2D eigenvalue weighted by Crippen LogP contribution is 2.27. The van der Waals surface area contributed by atoms with Crippen LogP contribution in [0.2, 0.25) is 10.0 Å². The zero-order valence-corrected chi connectivity index (χ0v) is 19.2. The number of halogens is 3. The number of carbonyl (C=O) groups is 2. The van der Waals surface area contributed by atoms with E-state index in [-0.39, 0.29) is 23.5 Å². The van der Waals surface area contributed by atoms with Crippen molar-refractivity contribution in [3.8, 4) is 0 Å². The summed E-state index contributed by atoms with van der Waals surface area (Å²) in [7, 11) is 0. The van der Waals surface area contributed by atoms with Gasteiger partial charge >= 0.3 is 0 Å². The lowest BCUT2D eigenvalue weighted by atomic mass is 9.92. The van der Waals surface area contributed by atoms with Gasteiger partial charge in [-0.25, -0.2) is 4.39 Å². The molecule has 5 nitrogen and oxygen atoms in total. The summed E-state index contributed by atoms with van der Waals surface area (Å²) in [5.74, 6) is -0.414. The maximum atomic E-state index is 13.0. The Balaban J connectivity index is 1.24. The first-order valence-electron chi connectivity index (χ1n) is 11.0. The molecule has 0 unspecified atom stereocenters. The minimum atomic E-state index is -0.319. The van der Waals surface area contributed by atoms with E-state index >= 15 is 0 Å². The highest BCUT2D eigenvalue weighted by Gasteiger charge is 2.32. The molecule has 1 N–H and O–H groups in total. The molecule has 0 spiro atoms. The lowest BCUT2D eigenvalue weighted by Gasteiger charge is -2.41. The number of carbonyl (C=O) groups excluding carboxylic acids is 2. The van der Waals surface area contributed by atoms with Crippen LogP contribution in [0.1, 0.15) is 36.0 Å². The monoisotopic (exact) mass is 477 g/mol. The summed E-state index contributed by atoms with van der Waals surface area (Å²) in [6, 6.07) is 11.2. The molecule has 2 amide bonds. The average Bonchev–Trinajstić information content (AvgIpc) is 2.80. The van der Waals surface area contributed by atoms with Gasteiger partial charge in [-0.15, -0.1) is 0 Å². The van der Waals surface area contributed by atoms with Crippen LogP contribution < -0.4 is 5.32 Å². The Morgan fingerprint density at radius 3 is 2.19 bits per heavy atom. The van der Waals surface area contributed by atoms with Crippen molar-refractivity contribution >= 4 is 40.7 Å². The van der Waals surface area contributed by atoms with Gasteiger partial charge in [-0.3, -0.25) is 9.59 Å². The summed E-state index contributed by atoms with van der Waals surface area (Å²) in [4.78, 5) is 29.7. The van der Waals surface area contributed by atoms with E-state index in [0.717, 1.165) is 38.8 Å². The second kappa shape index (κ2) is 10.2. The van der Waals surface area contributed by atoms with Crippen LogP contribution in [0.25, 0.3) is 0 Å². The molecule has 2 heterocycles. The first-order chi connectivity index (χ1) is 15.4. The number of hydrogen-bond acceptors (Lipinski definition) is 3. The van der Waals surface area contributed by atoms with Crippen molar-refractivity contribution in [1.82, 2.24) is 9.80 Å². The minimum Gasteiger partial charge on any atom is -0.338 e. The molecule has 4 rings (SSSR count). The van der Waals surface area contributed by atoms with Crippen LogP contribution in [0.5, 0.6) is 0 Å². The molecule has 2 aromatic carbocycles. The van der Waals surface area contributed by atoms with E-state index in [0.29, 0.717) is 40.4 Å². The molecule has 2 aliphatic rings. The molecule has 0 aliphatic carbocycles. The number of nitrogens with one attached hydrogen (secondary N) is 1. The fourth-order valence-corrected chi connectivity index (χ4v) is 5.06. The number of likely N-dealkylation sites (tertiary alicyclic amines) is 2. The fourth-order valence-electron chi connectivity index (χ4n) is 4.57. The molecule has 170 valence electrons. The van der Waals surface area contributed by atoms with Crippen LogP contribution in [0.15, 0.2) is 42.5 Å². The molecule has 8 heteroatoms. The maximum Gasteiger partial charge on any atom is 0.255 e.